The number of hydrogen-bond donors (Lipinski definition) is 0. The van der Waals surface area contributed by atoms with Gasteiger partial charge in [0.2, 0.25) is 6.04 Å². The number of benzene rings is 1. The van der Waals surface area contributed by atoms with Gasteiger partial charge in [0, 0.05) is 17.1 Å². The van der Waals surface area contributed by atoms with Crippen molar-refractivity contribution < 1.29 is 9.49 Å². The Morgan fingerprint density at radius 3 is 2.89 bits per heavy atom. The second-order valence-corrected chi connectivity index (χ2v) is 5.13. The fourth-order valence-electron chi connectivity index (χ4n) is 2.41. The third-order valence-corrected chi connectivity index (χ3v) is 3.72. The second kappa shape index (κ2) is 5.10. The Balaban J connectivity index is 1.93. The van der Waals surface area contributed by atoms with Crippen LogP contribution in [0.5, 0.6) is 0 Å². The molecule has 0 saturated heterocycles. The van der Waals surface area contributed by atoms with E-state index in [9.17, 15) is 4.79 Å². The average Bonchev–Trinajstić information content (AvgIpc) is 2.82. The smallest absolute Gasteiger partial charge is 0.212 e. The van der Waals surface area contributed by atoms with Crippen LogP contribution in [0.1, 0.15) is 24.8 Å². The minimum Gasteiger partial charge on any atom is -0.212 e. The fraction of sp³-hybridized carbons (Fsp3) is 0.267. The Morgan fingerprint density at radius 1 is 1.32 bits per heavy atom. The molecule has 0 aromatic heterocycles. The van der Waals surface area contributed by atoms with Gasteiger partial charge in [0.1, 0.15) is 5.70 Å². The van der Waals surface area contributed by atoms with Crippen molar-refractivity contribution in [1.82, 2.24) is 0 Å². The number of azo groups is 2. The van der Waals surface area contributed by atoms with Gasteiger partial charge in [0.25, 0.3) is 0 Å². The summed E-state index contributed by atoms with van der Waals surface area (Å²) in [6.07, 6.45) is 8.89. The molecule has 1 aromatic rings. The number of carbonyl (C=O) groups is 1. The van der Waals surface area contributed by atoms with Crippen LogP contribution < -0.4 is 0 Å². The average molecular weight is 274 g/mol. The van der Waals surface area contributed by atoms with Crippen LogP contribution in [0.4, 0.5) is 0 Å². The topological polar surface area (TPSA) is 32.4 Å². The van der Waals surface area contributed by atoms with Crippen molar-refractivity contribution in [3.63, 3.8) is 0 Å². The Kier molecular flexibility index (Phi) is 3.30. The van der Waals surface area contributed by atoms with Crippen LogP contribution in [0.2, 0.25) is 5.02 Å². The number of rotatable bonds is 2. The molecule has 3 nitrogen and oxygen atoms in total. The fourth-order valence-corrected chi connectivity index (χ4v) is 2.65. The lowest BCUT2D eigenvalue weighted by atomic mass is 10.0. The second-order valence-electron chi connectivity index (χ2n) is 4.72. The van der Waals surface area contributed by atoms with Crippen LogP contribution >= 0.6 is 11.6 Å². The lowest BCUT2D eigenvalue weighted by molar-refractivity contribution is -0.529. The molecule has 0 bridgehead atoms. The number of carbonyl (C=O) groups excluding carboxylic acids is 1. The first kappa shape index (κ1) is 12.3. The van der Waals surface area contributed by atoms with Gasteiger partial charge in [-0.05, 0) is 29.7 Å². The van der Waals surface area contributed by atoms with Gasteiger partial charge >= 0.3 is 5.91 Å². The molecule has 2 aliphatic rings. The highest BCUT2D eigenvalue weighted by atomic mass is 35.5. The number of halogens is 1. The van der Waals surface area contributed by atoms with Crippen LogP contribution in [0.15, 0.2) is 47.6 Å². The summed E-state index contributed by atoms with van der Waals surface area (Å²) in [7, 11) is 0. The van der Waals surface area contributed by atoms with Gasteiger partial charge in [0.15, 0.2) is 0 Å². The number of allylic oxidation sites excluding steroid dienone is 1. The lowest BCUT2D eigenvalue weighted by Crippen LogP contribution is -2.27. The highest BCUT2D eigenvalue weighted by Gasteiger charge is 2.34. The maximum Gasteiger partial charge on any atom is 0.439 e. The molecule has 1 atom stereocenters. The summed E-state index contributed by atoms with van der Waals surface area (Å²) in [5.74, 6) is -0.0635. The summed E-state index contributed by atoms with van der Waals surface area (Å²) in [4.78, 5) is 12.0. The number of nitrogens with zero attached hydrogens (tertiary/aromatic N) is 2. The van der Waals surface area contributed by atoms with Crippen molar-refractivity contribution in [2.24, 2.45) is 5.11 Å². The summed E-state index contributed by atoms with van der Waals surface area (Å²) < 4.78 is 1.56. The van der Waals surface area contributed by atoms with E-state index in [1.807, 2.05) is 18.2 Å². The van der Waals surface area contributed by atoms with Crippen molar-refractivity contribution in [3.8, 4) is 0 Å². The Morgan fingerprint density at radius 2 is 2.16 bits per heavy atom. The number of amides is 1. The normalized spacial score (nSPS) is 22.4. The maximum atomic E-state index is 12.0. The van der Waals surface area contributed by atoms with E-state index in [4.69, 9.17) is 11.6 Å². The predicted octanol–water partition coefficient (Wildman–Crippen LogP) is 3.79. The Hall–Kier alpha value is -1.74. The minimum atomic E-state index is -0.0635. The molecule has 1 heterocycles. The zero-order valence-electron chi connectivity index (χ0n) is 10.4. The molecule has 0 saturated carbocycles. The van der Waals surface area contributed by atoms with Crippen LogP contribution in [-0.2, 0) is 4.79 Å². The predicted molar refractivity (Wildman–Crippen MR) is 73.9 cm³/mol. The largest absolute Gasteiger partial charge is 0.439 e. The molecule has 3 rings (SSSR count). The van der Waals surface area contributed by atoms with Crippen molar-refractivity contribution in [3.05, 3.63) is 53.1 Å². The van der Waals surface area contributed by atoms with E-state index in [-0.39, 0.29) is 11.9 Å². The van der Waals surface area contributed by atoms with Gasteiger partial charge in [-0.25, -0.2) is 4.79 Å². The third kappa shape index (κ3) is 2.38. The quantitative estimate of drug-likeness (QED) is 0.596. The molecule has 96 valence electrons. The van der Waals surface area contributed by atoms with Crippen molar-refractivity contribution >= 4 is 23.2 Å². The third-order valence-electron chi connectivity index (χ3n) is 3.39. The van der Waals surface area contributed by atoms with Crippen LogP contribution in [0.3, 0.4) is 0 Å². The maximum absolute atomic E-state index is 12.0. The molecular formula is C15H14ClN2O+. The van der Waals surface area contributed by atoms with Gasteiger partial charge in [-0.3, -0.25) is 0 Å². The lowest BCUT2D eigenvalue weighted by Gasteiger charge is -2.08. The van der Waals surface area contributed by atoms with E-state index in [2.05, 4.69) is 17.3 Å². The summed E-state index contributed by atoms with van der Waals surface area (Å²) in [5, 5.41) is 5.05. The number of hydrogen-bond acceptors (Lipinski definition) is 2. The van der Waals surface area contributed by atoms with E-state index < -0.39 is 0 Å². The van der Waals surface area contributed by atoms with Crippen LogP contribution in [-0.4, -0.2) is 16.6 Å². The standard InChI is InChI=1S/C15H14ClN2O/c16-13-9-5-4-8-12(13)14-10-15(19)18(17-14)11-6-2-1-3-7-11/h2,4-6,8-11H,1,3,7H2/q+1. The molecule has 4 heteroatoms. The van der Waals surface area contributed by atoms with Gasteiger partial charge < -0.3 is 0 Å². The van der Waals surface area contributed by atoms with Gasteiger partial charge in [0.05, 0.1) is 11.1 Å². The molecule has 0 spiro atoms. The van der Waals surface area contributed by atoms with Crippen molar-refractivity contribution in [2.45, 2.75) is 25.3 Å². The molecule has 1 aliphatic carbocycles. The Bertz CT molecular complexity index is 616. The van der Waals surface area contributed by atoms with E-state index in [1.165, 1.54) is 0 Å². The van der Waals surface area contributed by atoms with Crippen LogP contribution in [0, 0.1) is 0 Å². The Labute approximate surface area is 116 Å². The SMILES string of the molecule is O=C1C=C(c2ccccc2Cl)N=[N+]1C1C=CCCC1. The van der Waals surface area contributed by atoms with E-state index in [0.717, 1.165) is 24.8 Å². The van der Waals surface area contributed by atoms with E-state index in [1.54, 1.807) is 16.8 Å². The highest BCUT2D eigenvalue weighted by Crippen LogP contribution is 2.29. The molecule has 1 aromatic carbocycles. The highest BCUT2D eigenvalue weighted by molar-refractivity contribution is 6.32. The molecule has 0 radical (unpaired) electrons. The molecule has 1 amide bonds. The molecule has 0 fully saturated rings. The first-order valence-corrected chi connectivity index (χ1v) is 6.81. The molecule has 1 aliphatic heterocycles. The first-order valence-electron chi connectivity index (χ1n) is 6.44. The zero-order chi connectivity index (χ0) is 13.2. The van der Waals surface area contributed by atoms with E-state index in [0.29, 0.717) is 10.7 Å². The zero-order valence-corrected chi connectivity index (χ0v) is 11.2. The molecular weight excluding hydrogens is 260 g/mol. The van der Waals surface area contributed by atoms with Crippen molar-refractivity contribution in [2.75, 3.05) is 0 Å². The minimum absolute atomic E-state index is 0.0635. The summed E-state index contributed by atoms with van der Waals surface area (Å²) >= 11 is 6.14. The summed E-state index contributed by atoms with van der Waals surface area (Å²) in [6, 6.07) is 7.53. The van der Waals surface area contributed by atoms with E-state index >= 15 is 0 Å². The summed E-state index contributed by atoms with van der Waals surface area (Å²) in [6.45, 7) is 0. The molecule has 0 N–H and O–H groups in total. The van der Waals surface area contributed by atoms with Gasteiger partial charge in [-0.1, -0.05) is 35.9 Å². The van der Waals surface area contributed by atoms with Gasteiger partial charge in [-0.15, -0.1) is 0 Å². The molecule has 19 heavy (non-hydrogen) atoms. The summed E-state index contributed by atoms with van der Waals surface area (Å²) in [5.41, 5.74) is 1.45. The van der Waals surface area contributed by atoms with Crippen LogP contribution in [0.25, 0.3) is 5.70 Å². The first-order chi connectivity index (χ1) is 9.25. The van der Waals surface area contributed by atoms with Crippen molar-refractivity contribution in [1.29, 1.82) is 0 Å². The monoisotopic (exact) mass is 273 g/mol. The van der Waals surface area contributed by atoms with Gasteiger partial charge in [-0.2, -0.15) is 0 Å². The molecule has 1 unspecified atom stereocenters.